The van der Waals surface area contributed by atoms with E-state index in [-0.39, 0.29) is 11.6 Å². The molecule has 124 valence electrons. The van der Waals surface area contributed by atoms with Crippen LogP contribution in [-0.2, 0) is 13.6 Å². The van der Waals surface area contributed by atoms with Gasteiger partial charge in [0.25, 0.3) is 5.56 Å². The molecular weight excluding hydrogens is 320 g/mol. The third kappa shape index (κ3) is 2.65. The Kier molecular flexibility index (Phi) is 3.94. The average molecular weight is 340 g/mol. The highest BCUT2D eigenvalue weighted by Gasteiger charge is 2.30. The van der Waals surface area contributed by atoms with Crippen LogP contribution >= 0.6 is 11.3 Å². The fourth-order valence-corrected chi connectivity index (χ4v) is 4.13. The maximum absolute atomic E-state index is 12.7. The Morgan fingerprint density at radius 3 is 2.92 bits per heavy atom. The number of aryl methyl sites for hydroxylation is 1. The van der Waals surface area contributed by atoms with Gasteiger partial charge in [-0.1, -0.05) is 12.1 Å². The Labute approximate surface area is 144 Å². The molecule has 0 aliphatic carbocycles. The molecule has 1 atom stereocenters. The molecule has 1 aliphatic rings. The summed E-state index contributed by atoms with van der Waals surface area (Å²) in [4.78, 5) is 24.5. The van der Waals surface area contributed by atoms with Gasteiger partial charge in [0.1, 0.15) is 5.82 Å². The van der Waals surface area contributed by atoms with Gasteiger partial charge in [0.2, 0.25) is 0 Å². The first-order chi connectivity index (χ1) is 11.6. The fourth-order valence-electron chi connectivity index (χ4n) is 3.53. The van der Waals surface area contributed by atoms with Crippen molar-refractivity contribution in [2.24, 2.45) is 7.05 Å². The standard InChI is InChI=1S/C18H20N4OS/c1-12-19-13(11-24-12)10-22-9-5-8-16(22)17-20-15-7-4-3-6-14(15)18(23)21(17)2/h3-4,6-7,11,16H,5,8-10H2,1-2H3. The lowest BCUT2D eigenvalue weighted by molar-refractivity contribution is 0.232. The average Bonchev–Trinajstić information content (AvgIpc) is 3.20. The Morgan fingerprint density at radius 1 is 1.29 bits per heavy atom. The number of hydrogen-bond donors (Lipinski definition) is 0. The molecule has 0 radical (unpaired) electrons. The lowest BCUT2D eigenvalue weighted by Crippen LogP contribution is -2.30. The first-order valence-corrected chi connectivity index (χ1v) is 9.12. The topological polar surface area (TPSA) is 51.0 Å². The van der Waals surface area contributed by atoms with E-state index < -0.39 is 0 Å². The van der Waals surface area contributed by atoms with Crippen LogP contribution in [0.5, 0.6) is 0 Å². The molecule has 3 aromatic rings. The van der Waals surface area contributed by atoms with E-state index in [4.69, 9.17) is 4.98 Å². The number of thiazole rings is 1. The van der Waals surface area contributed by atoms with E-state index in [1.165, 1.54) is 0 Å². The van der Waals surface area contributed by atoms with Crippen LogP contribution in [0.1, 0.15) is 35.4 Å². The van der Waals surface area contributed by atoms with Crippen LogP contribution in [-0.4, -0.2) is 26.0 Å². The monoisotopic (exact) mass is 340 g/mol. The minimum absolute atomic E-state index is 0.0342. The summed E-state index contributed by atoms with van der Waals surface area (Å²) in [6, 6.07) is 7.76. The van der Waals surface area contributed by atoms with Crippen LogP contribution in [0, 0.1) is 6.92 Å². The molecule has 2 aromatic heterocycles. The van der Waals surface area contributed by atoms with Gasteiger partial charge in [-0.3, -0.25) is 14.3 Å². The summed E-state index contributed by atoms with van der Waals surface area (Å²) in [5.74, 6) is 0.864. The van der Waals surface area contributed by atoms with Gasteiger partial charge >= 0.3 is 0 Å². The second kappa shape index (κ2) is 6.11. The number of para-hydroxylation sites is 1. The molecular formula is C18H20N4OS. The van der Waals surface area contributed by atoms with Gasteiger partial charge in [0.15, 0.2) is 0 Å². The number of rotatable bonds is 3. The Bertz CT molecular complexity index is 946. The van der Waals surface area contributed by atoms with Crippen molar-refractivity contribution in [3.05, 3.63) is 56.5 Å². The van der Waals surface area contributed by atoms with E-state index in [2.05, 4.69) is 15.3 Å². The quantitative estimate of drug-likeness (QED) is 0.735. The summed E-state index contributed by atoms with van der Waals surface area (Å²) in [6.45, 7) is 3.87. The Hall–Kier alpha value is -2.05. The second-order valence-electron chi connectivity index (χ2n) is 6.34. The predicted octanol–water partition coefficient (Wildman–Crippen LogP) is 3.04. The van der Waals surface area contributed by atoms with E-state index >= 15 is 0 Å². The molecule has 1 unspecified atom stereocenters. The van der Waals surface area contributed by atoms with Crippen molar-refractivity contribution >= 4 is 22.2 Å². The van der Waals surface area contributed by atoms with Crippen LogP contribution < -0.4 is 5.56 Å². The van der Waals surface area contributed by atoms with Crippen LogP contribution in [0.2, 0.25) is 0 Å². The molecule has 0 spiro atoms. The number of likely N-dealkylation sites (tertiary alicyclic amines) is 1. The van der Waals surface area contributed by atoms with E-state index in [1.54, 1.807) is 15.9 Å². The Morgan fingerprint density at radius 2 is 2.12 bits per heavy atom. The maximum atomic E-state index is 12.7. The van der Waals surface area contributed by atoms with Crippen molar-refractivity contribution in [1.29, 1.82) is 0 Å². The summed E-state index contributed by atoms with van der Waals surface area (Å²) in [5.41, 5.74) is 1.93. The van der Waals surface area contributed by atoms with Crippen LogP contribution in [0.4, 0.5) is 0 Å². The molecule has 1 fully saturated rings. The number of nitrogens with zero attached hydrogens (tertiary/aromatic N) is 4. The normalized spacial score (nSPS) is 18.5. The first-order valence-electron chi connectivity index (χ1n) is 8.24. The molecule has 5 nitrogen and oxygen atoms in total. The molecule has 1 aromatic carbocycles. The minimum atomic E-state index is 0.0342. The lowest BCUT2D eigenvalue weighted by Gasteiger charge is -2.24. The highest BCUT2D eigenvalue weighted by Crippen LogP contribution is 2.32. The van der Waals surface area contributed by atoms with Gasteiger partial charge < -0.3 is 0 Å². The molecule has 0 amide bonds. The van der Waals surface area contributed by atoms with E-state index in [1.807, 2.05) is 38.2 Å². The number of aromatic nitrogens is 3. The van der Waals surface area contributed by atoms with Crippen molar-refractivity contribution in [1.82, 2.24) is 19.4 Å². The van der Waals surface area contributed by atoms with Crippen molar-refractivity contribution < 1.29 is 0 Å². The van der Waals surface area contributed by atoms with Gasteiger partial charge in [-0.2, -0.15) is 0 Å². The molecule has 6 heteroatoms. The zero-order valence-electron chi connectivity index (χ0n) is 13.9. The largest absolute Gasteiger partial charge is 0.298 e. The van der Waals surface area contributed by atoms with E-state index in [0.717, 1.165) is 48.0 Å². The molecule has 24 heavy (non-hydrogen) atoms. The number of benzene rings is 1. The molecule has 1 aliphatic heterocycles. The number of hydrogen-bond acceptors (Lipinski definition) is 5. The smallest absolute Gasteiger partial charge is 0.261 e. The molecule has 0 N–H and O–H groups in total. The van der Waals surface area contributed by atoms with Crippen molar-refractivity contribution in [2.45, 2.75) is 32.4 Å². The lowest BCUT2D eigenvalue weighted by atomic mass is 10.1. The fraction of sp³-hybridized carbons (Fsp3) is 0.389. The van der Waals surface area contributed by atoms with E-state index in [0.29, 0.717) is 5.39 Å². The third-order valence-electron chi connectivity index (χ3n) is 4.71. The predicted molar refractivity (Wildman–Crippen MR) is 96.2 cm³/mol. The number of fused-ring (bicyclic) bond motifs is 1. The summed E-state index contributed by atoms with van der Waals surface area (Å²) < 4.78 is 1.72. The van der Waals surface area contributed by atoms with E-state index in [9.17, 15) is 4.79 Å². The summed E-state index contributed by atoms with van der Waals surface area (Å²) >= 11 is 1.68. The maximum Gasteiger partial charge on any atom is 0.261 e. The second-order valence-corrected chi connectivity index (χ2v) is 7.40. The molecule has 1 saturated heterocycles. The van der Waals surface area contributed by atoms with Crippen molar-refractivity contribution in [3.63, 3.8) is 0 Å². The zero-order chi connectivity index (χ0) is 16.7. The molecule has 4 rings (SSSR count). The zero-order valence-corrected chi connectivity index (χ0v) is 14.7. The molecule has 0 saturated carbocycles. The Balaban J connectivity index is 1.73. The highest BCUT2D eigenvalue weighted by molar-refractivity contribution is 7.09. The summed E-state index contributed by atoms with van der Waals surface area (Å²) in [6.07, 6.45) is 2.15. The van der Waals surface area contributed by atoms with Crippen molar-refractivity contribution in [2.75, 3.05) is 6.54 Å². The first kappa shape index (κ1) is 15.5. The highest BCUT2D eigenvalue weighted by atomic mass is 32.1. The SMILES string of the molecule is Cc1nc(CN2CCCC2c2nc3ccccc3c(=O)n2C)cs1. The van der Waals surface area contributed by atoms with Crippen LogP contribution in [0.3, 0.4) is 0 Å². The third-order valence-corrected chi connectivity index (χ3v) is 5.53. The summed E-state index contributed by atoms with van der Waals surface area (Å²) in [5, 5.41) is 3.90. The van der Waals surface area contributed by atoms with Gasteiger partial charge in [-0.15, -0.1) is 11.3 Å². The van der Waals surface area contributed by atoms with Crippen LogP contribution in [0.25, 0.3) is 10.9 Å². The van der Waals surface area contributed by atoms with Gasteiger partial charge in [-0.25, -0.2) is 9.97 Å². The van der Waals surface area contributed by atoms with Crippen molar-refractivity contribution in [3.8, 4) is 0 Å². The summed E-state index contributed by atoms with van der Waals surface area (Å²) in [7, 11) is 1.83. The van der Waals surface area contributed by atoms with Gasteiger partial charge in [0, 0.05) is 19.0 Å². The minimum Gasteiger partial charge on any atom is -0.298 e. The molecule has 0 bridgehead atoms. The molecule has 3 heterocycles. The van der Waals surface area contributed by atoms with Gasteiger partial charge in [0.05, 0.1) is 27.6 Å². The van der Waals surface area contributed by atoms with Crippen LogP contribution in [0.15, 0.2) is 34.4 Å². The van der Waals surface area contributed by atoms with Gasteiger partial charge in [-0.05, 0) is 38.4 Å².